The lowest BCUT2D eigenvalue weighted by atomic mass is 10.1. The summed E-state index contributed by atoms with van der Waals surface area (Å²) < 4.78 is 43.6. The van der Waals surface area contributed by atoms with Gasteiger partial charge in [0.1, 0.15) is 11.7 Å². The van der Waals surface area contributed by atoms with Crippen molar-refractivity contribution in [3.63, 3.8) is 0 Å². The molecule has 0 radical (unpaired) electrons. The van der Waals surface area contributed by atoms with Crippen LogP contribution in [0.15, 0.2) is 12.1 Å². The molecular weight excluding hydrogens is 359 g/mol. The predicted molar refractivity (Wildman–Crippen MR) is 79.0 cm³/mol. The van der Waals surface area contributed by atoms with Crippen LogP contribution in [-0.2, 0) is 10.9 Å². The van der Waals surface area contributed by atoms with Crippen LogP contribution in [-0.4, -0.2) is 28.7 Å². The van der Waals surface area contributed by atoms with E-state index in [-0.39, 0.29) is 12.1 Å². The lowest BCUT2D eigenvalue weighted by Gasteiger charge is -2.31. The second kappa shape index (κ2) is 7.18. The van der Waals surface area contributed by atoms with Crippen LogP contribution in [0.4, 0.5) is 30.2 Å². The second-order valence-corrected chi connectivity index (χ2v) is 5.32. The van der Waals surface area contributed by atoms with Gasteiger partial charge in [0.15, 0.2) is 5.69 Å². The van der Waals surface area contributed by atoms with E-state index in [1.54, 1.807) is 0 Å². The molecule has 0 aliphatic heterocycles. The van der Waals surface area contributed by atoms with Gasteiger partial charge in [-0.15, -0.1) is 0 Å². The summed E-state index contributed by atoms with van der Waals surface area (Å²) in [5.74, 6) is 0. The number of hydrogen-bond donors (Lipinski definition) is 0. The molecule has 12 heteroatoms. The van der Waals surface area contributed by atoms with Gasteiger partial charge < -0.3 is 9.64 Å². The van der Waals surface area contributed by atoms with Crippen molar-refractivity contribution >= 4 is 28.7 Å². The zero-order chi connectivity index (χ0) is 18.8. The Kier molecular flexibility index (Phi) is 5.95. The Morgan fingerprint density at radius 2 is 1.58 bits per heavy atom. The van der Waals surface area contributed by atoms with E-state index in [0.717, 1.165) is 4.90 Å². The molecule has 24 heavy (non-hydrogen) atoms. The fourth-order valence-electron chi connectivity index (χ4n) is 2.07. The fraction of sp³-hybridized carbons (Fsp3) is 0.500. The maximum Gasteiger partial charge on any atom is 0.416 e. The monoisotopic (exact) mass is 371 g/mol. The first-order chi connectivity index (χ1) is 10.9. The summed E-state index contributed by atoms with van der Waals surface area (Å²) in [6.07, 6.45) is -5.95. The van der Waals surface area contributed by atoms with Crippen molar-refractivity contribution < 1.29 is 27.8 Å². The third kappa shape index (κ3) is 4.03. The predicted octanol–water partition coefficient (Wildman–Crippen LogP) is 3.91. The minimum atomic E-state index is -4.99. The van der Waals surface area contributed by atoms with E-state index < -0.39 is 50.4 Å². The van der Waals surface area contributed by atoms with Gasteiger partial charge in [-0.25, -0.2) is 0 Å². The Morgan fingerprint density at radius 1 is 1.17 bits per heavy atom. The van der Waals surface area contributed by atoms with Crippen molar-refractivity contribution in [2.75, 3.05) is 12.0 Å². The maximum atomic E-state index is 12.9. The molecule has 0 fully saturated rings. The Hall–Kier alpha value is -2.14. The summed E-state index contributed by atoms with van der Waals surface area (Å²) in [5, 5.41) is 22.4. The molecular formula is C12H13ClF3N3O5. The van der Waals surface area contributed by atoms with Gasteiger partial charge in [0.25, 0.3) is 11.4 Å². The van der Waals surface area contributed by atoms with Gasteiger partial charge >= 0.3 is 6.18 Å². The van der Waals surface area contributed by atoms with Gasteiger partial charge in [-0.3, -0.25) is 20.2 Å². The van der Waals surface area contributed by atoms with Crippen LogP contribution in [0.25, 0.3) is 0 Å². The number of alkyl halides is 4. The highest BCUT2D eigenvalue weighted by Crippen LogP contribution is 2.44. The molecule has 1 aromatic carbocycles. The number of halogens is 4. The highest BCUT2D eigenvalue weighted by molar-refractivity contribution is 6.21. The fourth-order valence-corrected chi connectivity index (χ4v) is 2.33. The van der Waals surface area contributed by atoms with Crippen LogP contribution >= 0.6 is 11.6 Å². The molecule has 0 saturated heterocycles. The van der Waals surface area contributed by atoms with Gasteiger partial charge in [-0.1, -0.05) is 11.6 Å². The van der Waals surface area contributed by atoms with Gasteiger partial charge in [0.05, 0.1) is 15.4 Å². The van der Waals surface area contributed by atoms with Crippen molar-refractivity contribution in [2.24, 2.45) is 0 Å². The first-order valence-corrected chi connectivity index (χ1v) is 6.84. The lowest BCUT2D eigenvalue weighted by Crippen LogP contribution is -2.39. The molecule has 0 aliphatic carbocycles. The number of nitrogens with zero attached hydrogens (tertiary/aromatic N) is 3. The van der Waals surface area contributed by atoms with E-state index in [1.807, 2.05) is 0 Å². The first kappa shape index (κ1) is 19.9. The molecule has 0 heterocycles. The van der Waals surface area contributed by atoms with Crippen molar-refractivity contribution in [3.8, 4) is 0 Å². The smallest absolute Gasteiger partial charge is 0.362 e. The number of methoxy groups -OCH3 is 1. The second-order valence-electron chi connectivity index (χ2n) is 4.69. The highest BCUT2D eigenvalue weighted by atomic mass is 35.5. The van der Waals surface area contributed by atoms with Crippen LogP contribution in [0.5, 0.6) is 0 Å². The van der Waals surface area contributed by atoms with Gasteiger partial charge in [-0.2, -0.15) is 13.2 Å². The number of benzene rings is 1. The summed E-state index contributed by atoms with van der Waals surface area (Å²) in [5.41, 5.74) is -5.37. The lowest BCUT2D eigenvalue weighted by molar-refractivity contribution is -0.393. The minimum Gasteiger partial charge on any atom is -0.362 e. The van der Waals surface area contributed by atoms with Crippen LogP contribution in [0.1, 0.15) is 19.4 Å². The molecule has 0 N–H and O–H groups in total. The summed E-state index contributed by atoms with van der Waals surface area (Å²) in [6.45, 7) is 2.74. The van der Waals surface area contributed by atoms with Crippen molar-refractivity contribution in [1.29, 1.82) is 0 Å². The van der Waals surface area contributed by atoms with Crippen LogP contribution in [0.3, 0.4) is 0 Å². The Bertz CT molecular complexity index is 618. The van der Waals surface area contributed by atoms with Crippen LogP contribution in [0, 0.1) is 20.2 Å². The molecule has 0 spiro atoms. The summed E-state index contributed by atoms with van der Waals surface area (Å²) in [4.78, 5) is 21.1. The Morgan fingerprint density at radius 3 is 1.83 bits per heavy atom. The number of ether oxygens (including phenoxy) is 1. The normalized spacial score (nSPS) is 14.1. The molecule has 0 amide bonds. The van der Waals surface area contributed by atoms with E-state index in [2.05, 4.69) is 0 Å². The van der Waals surface area contributed by atoms with Crippen molar-refractivity contribution in [1.82, 2.24) is 0 Å². The van der Waals surface area contributed by atoms with E-state index in [1.165, 1.54) is 21.0 Å². The largest absolute Gasteiger partial charge is 0.416 e. The maximum absolute atomic E-state index is 12.9. The highest BCUT2D eigenvalue weighted by Gasteiger charge is 2.40. The molecule has 1 aromatic rings. The minimum absolute atomic E-state index is 0.233. The summed E-state index contributed by atoms with van der Waals surface area (Å²) >= 11 is 5.91. The van der Waals surface area contributed by atoms with Gasteiger partial charge in [-0.05, 0) is 13.8 Å². The SMILES string of the molecule is COC(C)N(c1c([N+](=O)[O-])cc(C(F)(F)F)cc1[N+](=O)[O-])C(C)Cl. The topological polar surface area (TPSA) is 98.8 Å². The van der Waals surface area contributed by atoms with Crippen molar-refractivity contribution in [2.45, 2.75) is 31.8 Å². The molecule has 0 saturated carbocycles. The summed E-state index contributed by atoms with van der Waals surface area (Å²) in [6, 6.07) is 0.466. The van der Waals surface area contributed by atoms with Crippen LogP contribution in [0.2, 0.25) is 0 Å². The molecule has 2 unspecified atom stereocenters. The third-order valence-electron chi connectivity index (χ3n) is 3.16. The van der Waals surface area contributed by atoms with Crippen LogP contribution < -0.4 is 4.90 Å². The van der Waals surface area contributed by atoms with E-state index in [4.69, 9.17) is 16.3 Å². The first-order valence-electron chi connectivity index (χ1n) is 6.41. The molecule has 1 rings (SSSR count). The quantitative estimate of drug-likeness (QED) is 0.247. The zero-order valence-corrected chi connectivity index (χ0v) is 13.5. The van der Waals surface area contributed by atoms with Gasteiger partial charge in [0, 0.05) is 19.2 Å². The number of rotatable bonds is 6. The molecule has 134 valence electrons. The summed E-state index contributed by atoms with van der Waals surface area (Å²) in [7, 11) is 1.22. The zero-order valence-electron chi connectivity index (χ0n) is 12.7. The number of nitro benzene ring substituents is 2. The third-order valence-corrected chi connectivity index (χ3v) is 3.38. The molecule has 2 atom stereocenters. The van der Waals surface area contributed by atoms with E-state index >= 15 is 0 Å². The van der Waals surface area contributed by atoms with Crippen molar-refractivity contribution in [3.05, 3.63) is 37.9 Å². The number of anilines is 1. The molecule has 8 nitrogen and oxygen atoms in total. The van der Waals surface area contributed by atoms with E-state index in [9.17, 15) is 33.4 Å². The standard InChI is InChI=1S/C12H13ClF3N3O5/c1-6(13)17(7(2)24-3)11-9(18(20)21)4-8(12(14,15)16)5-10(11)19(22)23/h4-7H,1-3H3. The Balaban J connectivity index is 3.86. The average molecular weight is 372 g/mol. The number of hydrogen-bond acceptors (Lipinski definition) is 6. The number of nitro groups is 2. The molecule has 0 aliphatic rings. The Labute approximate surface area is 139 Å². The van der Waals surface area contributed by atoms with E-state index in [0.29, 0.717) is 0 Å². The van der Waals surface area contributed by atoms with Gasteiger partial charge in [0.2, 0.25) is 0 Å². The molecule has 0 bridgehead atoms. The average Bonchev–Trinajstić information content (AvgIpc) is 2.44. The molecule has 0 aromatic heterocycles.